The van der Waals surface area contributed by atoms with Gasteiger partial charge >= 0.3 is 0 Å². The summed E-state index contributed by atoms with van der Waals surface area (Å²) >= 11 is 5.91. The van der Waals surface area contributed by atoms with E-state index in [2.05, 4.69) is 10.6 Å². The van der Waals surface area contributed by atoms with Gasteiger partial charge in [0.2, 0.25) is 5.91 Å². The van der Waals surface area contributed by atoms with Crippen LogP contribution in [0.1, 0.15) is 36.7 Å². The number of rotatable bonds is 7. The summed E-state index contributed by atoms with van der Waals surface area (Å²) in [5, 5.41) is 24.4. The molecule has 0 radical (unpaired) electrons. The van der Waals surface area contributed by atoms with Crippen LogP contribution in [0.25, 0.3) is 0 Å². The monoisotopic (exact) mass is 374 g/mol. The fraction of sp³-hybridized carbons (Fsp3) is 0.529. The van der Waals surface area contributed by atoms with Crippen molar-refractivity contribution in [2.24, 2.45) is 5.41 Å². The van der Waals surface area contributed by atoms with E-state index >= 15 is 0 Å². The third-order valence-electron chi connectivity index (χ3n) is 3.85. The lowest BCUT2D eigenvalue weighted by molar-refractivity contribution is -0.137. The lowest BCUT2D eigenvalue weighted by Gasteiger charge is -2.27. The number of aryl methyl sites for hydroxylation is 1. The van der Waals surface area contributed by atoms with Crippen LogP contribution in [-0.2, 0) is 4.79 Å². The Bertz CT molecular complexity index is 652. The number of halogens is 2. The van der Waals surface area contributed by atoms with Gasteiger partial charge in [0, 0.05) is 23.0 Å². The second kappa shape index (κ2) is 8.60. The molecule has 0 aliphatic rings. The molecule has 0 aliphatic carbocycles. The average Bonchev–Trinajstić information content (AvgIpc) is 2.54. The summed E-state index contributed by atoms with van der Waals surface area (Å²) in [6.45, 7) is 6.02. The molecule has 0 fully saturated rings. The van der Waals surface area contributed by atoms with Crippen LogP contribution in [0.3, 0.4) is 0 Å². The Morgan fingerprint density at radius 3 is 2.52 bits per heavy atom. The van der Waals surface area contributed by atoms with Crippen molar-refractivity contribution in [3.8, 4) is 0 Å². The van der Waals surface area contributed by atoms with Gasteiger partial charge in [0.15, 0.2) is 0 Å². The number of carbonyl (C=O) groups is 2. The number of aliphatic hydroxyl groups is 2. The quantitative estimate of drug-likeness (QED) is 0.579. The summed E-state index contributed by atoms with van der Waals surface area (Å²) in [4.78, 5) is 24.0. The fourth-order valence-corrected chi connectivity index (χ4v) is 2.13. The van der Waals surface area contributed by atoms with Crippen LogP contribution in [0.5, 0.6) is 0 Å². The van der Waals surface area contributed by atoms with E-state index < -0.39 is 35.2 Å². The van der Waals surface area contributed by atoms with E-state index in [1.54, 1.807) is 27.7 Å². The van der Waals surface area contributed by atoms with Crippen LogP contribution in [0.15, 0.2) is 12.1 Å². The van der Waals surface area contributed by atoms with Crippen molar-refractivity contribution in [1.82, 2.24) is 10.6 Å². The van der Waals surface area contributed by atoms with Crippen molar-refractivity contribution in [2.75, 3.05) is 13.2 Å². The summed E-state index contributed by atoms with van der Waals surface area (Å²) in [6.07, 6.45) is -1.39. The summed E-state index contributed by atoms with van der Waals surface area (Å²) in [5.74, 6) is -2.00. The minimum absolute atomic E-state index is 0.0321. The molecule has 2 amide bonds. The molecule has 0 spiro atoms. The van der Waals surface area contributed by atoms with Gasteiger partial charge in [0.1, 0.15) is 11.9 Å². The normalized spacial score (nSPS) is 13.9. The highest BCUT2D eigenvalue weighted by atomic mass is 35.5. The van der Waals surface area contributed by atoms with Crippen LogP contribution < -0.4 is 10.6 Å². The largest absolute Gasteiger partial charge is 0.396 e. The zero-order chi connectivity index (χ0) is 19.4. The minimum atomic E-state index is -1.39. The molecule has 2 atom stereocenters. The van der Waals surface area contributed by atoms with Gasteiger partial charge < -0.3 is 20.8 Å². The van der Waals surface area contributed by atoms with Gasteiger partial charge in [0.05, 0.1) is 12.2 Å². The van der Waals surface area contributed by atoms with Crippen molar-refractivity contribution >= 4 is 23.4 Å². The molecule has 0 heterocycles. The molecule has 0 saturated carbocycles. The second-order valence-electron chi connectivity index (χ2n) is 6.75. The van der Waals surface area contributed by atoms with Crippen LogP contribution in [0.2, 0.25) is 5.02 Å². The van der Waals surface area contributed by atoms with Gasteiger partial charge in [-0.2, -0.15) is 0 Å². The van der Waals surface area contributed by atoms with Gasteiger partial charge in [-0.1, -0.05) is 25.4 Å². The molecule has 4 N–H and O–H groups in total. The number of hydrogen-bond acceptors (Lipinski definition) is 4. The number of hydrogen-bond donors (Lipinski definition) is 4. The van der Waals surface area contributed by atoms with E-state index in [4.69, 9.17) is 16.7 Å². The number of benzene rings is 1. The van der Waals surface area contributed by atoms with E-state index in [-0.39, 0.29) is 23.7 Å². The SMILES string of the molecule is Cc1cc(F)c(C(=O)NC(C)CNC(=O)C(O)C(C)(C)CO)cc1Cl. The predicted molar refractivity (Wildman–Crippen MR) is 93.0 cm³/mol. The van der Waals surface area contributed by atoms with Crippen molar-refractivity contribution in [1.29, 1.82) is 0 Å². The Morgan fingerprint density at radius 1 is 1.36 bits per heavy atom. The maximum Gasteiger partial charge on any atom is 0.254 e. The molecule has 1 aromatic rings. The van der Waals surface area contributed by atoms with E-state index in [1.807, 2.05) is 0 Å². The van der Waals surface area contributed by atoms with Crippen molar-refractivity contribution < 1.29 is 24.2 Å². The van der Waals surface area contributed by atoms with Crippen LogP contribution in [0, 0.1) is 18.2 Å². The van der Waals surface area contributed by atoms with Crippen molar-refractivity contribution in [3.05, 3.63) is 34.1 Å². The zero-order valence-corrected chi connectivity index (χ0v) is 15.4. The molecule has 2 unspecified atom stereocenters. The fourth-order valence-electron chi connectivity index (χ4n) is 1.96. The zero-order valence-electron chi connectivity index (χ0n) is 14.7. The average molecular weight is 375 g/mol. The Balaban J connectivity index is 2.63. The summed E-state index contributed by atoms with van der Waals surface area (Å²) < 4.78 is 13.9. The first-order chi connectivity index (χ1) is 11.5. The first kappa shape index (κ1) is 21.3. The lowest BCUT2D eigenvalue weighted by atomic mass is 9.87. The molecular formula is C17H24ClFN2O4. The van der Waals surface area contributed by atoms with Crippen LogP contribution >= 0.6 is 11.6 Å². The number of amides is 2. The Morgan fingerprint density at radius 2 is 1.96 bits per heavy atom. The Kier molecular flexibility index (Phi) is 7.34. The Hall–Kier alpha value is -1.70. The third kappa shape index (κ3) is 5.66. The first-order valence-corrected chi connectivity index (χ1v) is 8.20. The molecule has 8 heteroatoms. The van der Waals surface area contributed by atoms with E-state index in [0.717, 1.165) is 0 Å². The van der Waals surface area contributed by atoms with Gasteiger partial charge in [0.25, 0.3) is 5.91 Å². The smallest absolute Gasteiger partial charge is 0.254 e. The van der Waals surface area contributed by atoms with Crippen molar-refractivity contribution in [3.63, 3.8) is 0 Å². The maximum atomic E-state index is 13.9. The topological polar surface area (TPSA) is 98.7 Å². The van der Waals surface area contributed by atoms with Gasteiger partial charge in [-0.25, -0.2) is 4.39 Å². The van der Waals surface area contributed by atoms with Gasteiger partial charge in [-0.15, -0.1) is 0 Å². The molecule has 140 valence electrons. The summed E-state index contributed by atoms with van der Waals surface area (Å²) in [5.41, 5.74) is -0.648. The number of aliphatic hydroxyl groups excluding tert-OH is 2. The molecule has 0 bridgehead atoms. The summed E-state index contributed by atoms with van der Waals surface area (Å²) in [7, 11) is 0. The molecular weight excluding hydrogens is 351 g/mol. The van der Waals surface area contributed by atoms with Crippen LogP contribution in [0.4, 0.5) is 4.39 Å². The number of carbonyl (C=O) groups excluding carboxylic acids is 2. The molecule has 0 aliphatic heterocycles. The van der Waals surface area contributed by atoms with Crippen molar-refractivity contribution in [2.45, 2.75) is 39.8 Å². The molecule has 1 aromatic carbocycles. The first-order valence-electron chi connectivity index (χ1n) is 7.82. The minimum Gasteiger partial charge on any atom is -0.396 e. The van der Waals surface area contributed by atoms with Gasteiger partial charge in [-0.3, -0.25) is 9.59 Å². The highest BCUT2D eigenvalue weighted by Crippen LogP contribution is 2.20. The lowest BCUT2D eigenvalue weighted by Crippen LogP contribution is -2.49. The van der Waals surface area contributed by atoms with Crippen LogP contribution in [-0.4, -0.2) is 47.3 Å². The number of nitrogens with one attached hydrogen (secondary N) is 2. The third-order valence-corrected chi connectivity index (χ3v) is 4.26. The molecule has 6 nitrogen and oxygen atoms in total. The van der Waals surface area contributed by atoms with E-state index in [0.29, 0.717) is 5.56 Å². The standard InChI is InChI=1S/C17H24ClFN2O4/c1-9-5-13(19)11(6-12(9)18)15(24)21-10(2)7-20-16(25)14(23)17(3,4)8-22/h5-6,10,14,22-23H,7-8H2,1-4H3,(H,20,25)(H,21,24). The molecule has 0 aromatic heterocycles. The predicted octanol–water partition coefficient (Wildman–Crippen LogP) is 1.40. The maximum absolute atomic E-state index is 13.9. The molecule has 1 rings (SSSR count). The van der Waals surface area contributed by atoms with E-state index in [1.165, 1.54) is 12.1 Å². The molecule has 25 heavy (non-hydrogen) atoms. The van der Waals surface area contributed by atoms with E-state index in [9.17, 15) is 19.1 Å². The van der Waals surface area contributed by atoms with Gasteiger partial charge in [-0.05, 0) is 31.5 Å². The second-order valence-corrected chi connectivity index (χ2v) is 7.16. The highest BCUT2D eigenvalue weighted by molar-refractivity contribution is 6.31. The molecule has 0 saturated heterocycles. The highest BCUT2D eigenvalue weighted by Gasteiger charge is 2.33. The Labute approximate surface area is 151 Å². The summed E-state index contributed by atoms with van der Waals surface area (Å²) in [6, 6.07) is 1.91.